The highest BCUT2D eigenvalue weighted by Crippen LogP contribution is 2.84. The van der Waals surface area contributed by atoms with Crippen molar-refractivity contribution in [2.24, 2.45) is 47.3 Å². The molecule has 6 heteroatoms. The maximum atomic E-state index is 16.1. The summed E-state index contributed by atoms with van der Waals surface area (Å²) in [5.74, 6) is -2.17. The van der Waals surface area contributed by atoms with Gasteiger partial charge >= 0.3 is 11.9 Å². The first-order valence-electron chi connectivity index (χ1n) is 15.8. The van der Waals surface area contributed by atoms with Gasteiger partial charge in [-0.2, -0.15) is 0 Å². The monoisotopic (exact) mass is 588 g/mol. The number of rotatable bonds is 4. The van der Waals surface area contributed by atoms with Crippen LogP contribution in [0.4, 0.5) is 0 Å². The number of hydrogen-bond donors (Lipinski definition) is 0. The van der Waals surface area contributed by atoms with E-state index in [1.807, 2.05) is 72.8 Å². The van der Waals surface area contributed by atoms with E-state index in [1.165, 1.54) is 0 Å². The van der Waals surface area contributed by atoms with E-state index < -0.39 is 34.6 Å². The zero-order valence-electron chi connectivity index (χ0n) is 24.2. The molecule has 0 unspecified atom stereocenters. The van der Waals surface area contributed by atoms with Gasteiger partial charge < -0.3 is 4.74 Å². The molecule has 1 saturated heterocycles. The number of fused-ring (bicyclic) bond motifs is 5. The van der Waals surface area contributed by atoms with Crippen LogP contribution < -0.4 is 0 Å². The molecule has 3 heterocycles. The van der Waals surface area contributed by atoms with Gasteiger partial charge in [0.25, 0.3) is 0 Å². The van der Waals surface area contributed by atoms with Crippen LogP contribution in [0.3, 0.4) is 0 Å². The summed E-state index contributed by atoms with van der Waals surface area (Å²) < 4.78 is 5.31. The molecule has 2 aromatic heterocycles. The largest absolute Gasteiger partial charge is 0.393 e. The summed E-state index contributed by atoms with van der Waals surface area (Å²) in [5, 5.41) is 0. The second-order valence-electron chi connectivity index (χ2n) is 13.4. The fraction of sp³-hybridized carbons (Fsp3) is 0.256. The number of aromatic nitrogens is 2. The van der Waals surface area contributed by atoms with E-state index in [2.05, 4.69) is 36.4 Å². The summed E-state index contributed by atoms with van der Waals surface area (Å²) in [5.41, 5.74) is 3.18. The van der Waals surface area contributed by atoms with E-state index in [4.69, 9.17) is 14.7 Å². The summed E-state index contributed by atoms with van der Waals surface area (Å²) >= 11 is 0. The molecule has 0 spiro atoms. The van der Waals surface area contributed by atoms with Crippen LogP contribution in [0.25, 0.3) is 11.1 Å². The average Bonchev–Trinajstić information content (AvgIpc) is 3.60. The maximum Gasteiger partial charge on any atom is 0.318 e. The minimum atomic E-state index is -1.03. The third-order valence-corrected chi connectivity index (χ3v) is 12.1. The molecular weight excluding hydrogens is 560 g/mol. The number of Topliss-reactive ketones (excluding diaryl/α,β-unsaturated/α-hetero) is 1. The number of pyridine rings is 2. The van der Waals surface area contributed by atoms with Crippen LogP contribution in [0.15, 0.2) is 122 Å². The average molecular weight is 589 g/mol. The van der Waals surface area contributed by atoms with Gasteiger partial charge in [0, 0.05) is 23.5 Å². The Kier molecular flexibility index (Phi) is 4.85. The molecule has 45 heavy (non-hydrogen) atoms. The molecular formula is C39H28N2O4. The van der Waals surface area contributed by atoms with E-state index in [0.717, 1.165) is 33.7 Å². The molecule has 0 radical (unpaired) electrons. The molecule has 3 saturated carbocycles. The zero-order chi connectivity index (χ0) is 30.1. The first-order valence-corrected chi connectivity index (χ1v) is 15.8. The highest BCUT2D eigenvalue weighted by atomic mass is 16.6. The fourth-order valence-corrected chi connectivity index (χ4v) is 11.1. The number of hydrogen-bond acceptors (Lipinski definition) is 6. The molecule has 2 aromatic carbocycles. The topological polar surface area (TPSA) is 86.2 Å². The lowest BCUT2D eigenvalue weighted by Crippen LogP contribution is -2.68. The number of benzene rings is 2. The van der Waals surface area contributed by atoms with Crippen LogP contribution in [0, 0.1) is 47.3 Å². The molecule has 11 rings (SSSR count). The van der Waals surface area contributed by atoms with Gasteiger partial charge in [-0.3, -0.25) is 24.4 Å². The fourth-order valence-electron chi connectivity index (χ4n) is 11.1. The Hall–Kier alpha value is -4.97. The summed E-state index contributed by atoms with van der Waals surface area (Å²) in [6.07, 6.45) is 7.88. The van der Waals surface area contributed by atoms with Gasteiger partial charge in [-0.25, -0.2) is 0 Å². The Morgan fingerprint density at radius 2 is 0.956 bits per heavy atom. The van der Waals surface area contributed by atoms with E-state index >= 15 is 4.79 Å². The zero-order valence-corrected chi connectivity index (χ0v) is 24.2. The Labute approximate surface area is 259 Å². The van der Waals surface area contributed by atoms with Crippen molar-refractivity contribution in [1.29, 1.82) is 0 Å². The molecule has 0 amide bonds. The third kappa shape index (κ3) is 2.73. The molecule has 7 aliphatic rings. The standard InChI is InChI=1S/C39H28N2O4/c42-35-29-23-17-18-24(30(29)36(43)45-35)28-27(23)33-34(28)39(22-13-5-2-6-14-22)32(26-16-8-10-20-41-26)31(25-15-7-9-19-40-25)38(33,37(39)44)21-11-3-1-4-12-21/h1-20,23-24,27-30,33-34H/t23-,24+,27-,28-,29+,30-,33-,34-,38+,39+/m1/s1. The van der Waals surface area contributed by atoms with Gasteiger partial charge in [0.15, 0.2) is 5.78 Å². The molecule has 1 aliphatic heterocycles. The molecule has 10 atom stereocenters. The number of ketones is 1. The number of cyclic esters (lactones) is 2. The number of allylic oxidation sites excluding steroid dienone is 4. The van der Waals surface area contributed by atoms with Gasteiger partial charge in [-0.15, -0.1) is 0 Å². The first kappa shape index (κ1) is 25.4. The van der Waals surface area contributed by atoms with Crippen LogP contribution in [0.2, 0.25) is 0 Å². The SMILES string of the molecule is O=C1OC(=O)[C@H]2[C@@H]3C=C[C@H]([C@@H]12)[C@@H]1[C@@H]3[C@@H]2[C@@H]1[C@@]1(c3ccccc3)C(=O)[C@@]2(c2ccccc2)C(c2ccccn2)=C1c1ccccn1. The molecule has 4 bridgehead atoms. The lowest BCUT2D eigenvalue weighted by molar-refractivity contribution is -0.167. The molecule has 0 N–H and O–H groups in total. The van der Waals surface area contributed by atoms with Crippen molar-refractivity contribution in [3.63, 3.8) is 0 Å². The number of esters is 2. The van der Waals surface area contributed by atoms with Crippen molar-refractivity contribution in [1.82, 2.24) is 9.97 Å². The predicted octanol–water partition coefficient (Wildman–Crippen LogP) is 5.47. The van der Waals surface area contributed by atoms with Crippen LogP contribution in [-0.2, 0) is 30.0 Å². The van der Waals surface area contributed by atoms with Gasteiger partial charge in [0.05, 0.1) is 34.1 Å². The first-order chi connectivity index (χ1) is 22.1. The van der Waals surface area contributed by atoms with Crippen molar-refractivity contribution < 1.29 is 19.1 Å². The molecule has 4 aromatic rings. The van der Waals surface area contributed by atoms with Crippen molar-refractivity contribution >= 4 is 28.9 Å². The minimum absolute atomic E-state index is 0.0310. The van der Waals surface area contributed by atoms with Gasteiger partial charge in [0.1, 0.15) is 0 Å². The van der Waals surface area contributed by atoms with E-state index in [0.29, 0.717) is 0 Å². The number of nitrogens with zero attached hydrogens (tertiary/aromatic N) is 2. The van der Waals surface area contributed by atoms with Crippen LogP contribution >= 0.6 is 0 Å². The van der Waals surface area contributed by atoms with Crippen molar-refractivity contribution in [3.8, 4) is 0 Å². The lowest BCUT2D eigenvalue weighted by atomic mass is 9.33. The Morgan fingerprint density at radius 1 is 0.533 bits per heavy atom. The minimum Gasteiger partial charge on any atom is -0.393 e. The van der Waals surface area contributed by atoms with E-state index in [1.54, 1.807) is 12.4 Å². The van der Waals surface area contributed by atoms with E-state index in [9.17, 15) is 9.59 Å². The van der Waals surface area contributed by atoms with Crippen LogP contribution in [0.1, 0.15) is 22.5 Å². The quantitative estimate of drug-likeness (QED) is 0.179. The number of ether oxygens (including phenoxy) is 1. The van der Waals surface area contributed by atoms with Crippen LogP contribution in [0.5, 0.6) is 0 Å². The van der Waals surface area contributed by atoms with Crippen molar-refractivity contribution in [2.75, 3.05) is 0 Å². The van der Waals surface area contributed by atoms with Crippen molar-refractivity contribution in [2.45, 2.75) is 10.8 Å². The molecule has 4 fully saturated rings. The molecule has 218 valence electrons. The summed E-state index contributed by atoms with van der Waals surface area (Å²) in [4.78, 5) is 52.3. The summed E-state index contributed by atoms with van der Waals surface area (Å²) in [6.45, 7) is 0. The van der Waals surface area contributed by atoms with Gasteiger partial charge in [0.2, 0.25) is 0 Å². The van der Waals surface area contributed by atoms with Gasteiger partial charge in [-0.05, 0) is 70.9 Å². The lowest BCUT2D eigenvalue weighted by Gasteiger charge is -2.68. The highest BCUT2D eigenvalue weighted by molar-refractivity contribution is 6.29. The van der Waals surface area contributed by atoms with Gasteiger partial charge in [-0.1, -0.05) is 84.9 Å². The van der Waals surface area contributed by atoms with Crippen molar-refractivity contribution in [3.05, 3.63) is 144 Å². The summed E-state index contributed by atoms with van der Waals surface area (Å²) in [6, 6.07) is 32.1. The Bertz CT molecular complexity index is 1850. The second kappa shape index (κ2) is 8.60. The highest BCUT2D eigenvalue weighted by Gasteiger charge is 2.86. The van der Waals surface area contributed by atoms with E-state index in [-0.39, 0.29) is 41.3 Å². The maximum absolute atomic E-state index is 16.1. The Morgan fingerprint density at radius 3 is 1.36 bits per heavy atom. The van der Waals surface area contributed by atoms with Crippen LogP contribution in [-0.4, -0.2) is 27.7 Å². The predicted molar refractivity (Wildman–Crippen MR) is 165 cm³/mol. The number of carbonyl (C=O) groups excluding carboxylic acids is 3. The second-order valence-corrected chi connectivity index (χ2v) is 13.4. The molecule has 6 nitrogen and oxygen atoms in total. The third-order valence-electron chi connectivity index (χ3n) is 12.1. The molecule has 6 aliphatic carbocycles. The summed E-state index contributed by atoms with van der Waals surface area (Å²) in [7, 11) is 0. The smallest absolute Gasteiger partial charge is 0.318 e. The number of carbonyl (C=O) groups is 3. The Balaban J connectivity index is 1.36. The normalized spacial score (nSPS) is 38.1.